The third kappa shape index (κ3) is 1.97. The van der Waals surface area contributed by atoms with Crippen molar-refractivity contribution in [1.82, 2.24) is 8.75 Å². The standard InChI is InChI=1S/C5H5ClN2S2/c1-2-3-9-5-4(6)7-10-8-5/h2H,1,3H2. The maximum atomic E-state index is 5.66. The molecule has 0 aromatic carbocycles. The zero-order valence-corrected chi connectivity index (χ0v) is 7.47. The zero-order chi connectivity index (χ0) is 7.40. The summed E-state index contributed by atoms with van der Waals surface area (Å²) < 4.78 is 7.78. The molecule has 0 atom stereocenters. The van der Waals surface area contributed by atoms with Crippen molar-refractivity contribution < 1.29 is 0 Å². The van der Waals surface area contributed by atoms with Gasteiger partial charge in [-0.25, -0.2) is 0 Å². The second-order valence-corrected chi connectivity index (χ2v) is 3.36. The van der Waals surface area contributed by atoms with Crippen molar-refractivity contribution in [3.63, 3.8) is 0 Å². The number of aromatic nitrogens is 2. The van der Waals surface area contributed by atoms with Crippen LogP contribution in [0.3, 0.4) is 0 Å². The van der Waals surface area contributed by atoms with E-state index in [4.69, 9.17) is 11.6 Å². The Morgan fingerprint density at radius 2 is 2.50 bits per heavy atom. The van der Waals surface area contributed by atoms with Gasteiger partial charge in [0.2, 0.25) is 0 Å². The van der Waals surface area contributed by atoms with E-state index in [1.165, 1.54) is 0 Å². The highest BCUT2D eigenvalue weighted by atomic mass is 35.5. The van der Waals surface area contributed by atoms with Crippen LogP contribution in [0.1, 0.15) is 0 Å². The second kappa shape index (κ2) is 3.95. The molecular formula is C5H5ClN2S2. The number of halogens is 1. The molecule has 2 nitrogen and oxygen atoms in total. The first-order valence-corrected chi connectivity index (χ1v) is 4.65. The molecule has 1 heterocycles. The number of rotatable bonds is 3. The van der Waals surface area contributed by atoms with Gasteiger partial charge < -0.3 is 0 Å². The molecule has 0 aliphatic heterocycles. The van der Waals surface area contributed by atoms with Crippen molar-refractivity contribution in [3.05, 3.63) is 17.8 Å². The summed E-state index contributed by atoms with van der Waals surface area (Å²) in [4.78, 5) is 0. The Balaban J connectivity index is 2.56. The van der Waals surface area contributed by atoms with Gasteiger partial charge in [0, 0.05) is 5.75 Å². The molecular weight excluding hydrogens is 188 g/mol. The predicted molar refractivity (Wildman–Crippen MR) is 45.8 cm³/mol. The first-order valence-electron chi connectivity index (χ1n) is 2.56. The molecule has 54 valence electrons. The molecule has 0 aliphatic rings. The molecule has 0 saturated heterocycles. The predicted octanol–water partition coefficient (Wildman–Crippen LogP) is 2.47. The van der Waals surface area contributed by atoms with Crippen LogP contribution in [0.4, 0.5) is 0 Å². The van der Waals surface area contributed by atoms with Crippen LogP contribution in [-0.2, 0) is 0 Å². The van der Waals surface area contributed by atoms with Gasteiger partial charge in [-0.05, 0) is 0 Å². The lowest BCUT2D eigenvalue weighted by Crippen LogP contribution is -1.72. The highest BCUT2D eigenvalue weighted by molar-refractivity contribution is 7.99. The minimum Gasteiger partial charge on any atom is -0.165 e. The van der Waals surface area contributed by atoms with Crippen LogP contribution >= 0.6 is 35.1 Å². The summed E-state index contributed by atoms with van der Waals surface area (Å²) >= 11 is 8.33. The van der Waals surface area contributed by atoms with Gasteiger partial charge >= 0.3 is 0 Å². The van der Waals surface area contributed by atoms with Gasteiger partial charge in [0.25, 0.3) is 0 Å². The third-order valence-electron chi connectivity index (χ3n) is 0.759. The summed E-state index contributed by atoms with van der Waals surface area (Å²) in [7, 11) is 0. The van der Waals surface area contributed by atoms with Crippen molar-refractivity contribution in [2.24, 2.45) is 0 Å². The minimum absolute atomic E-state index is 0.497. The Labute approximate surface area is 72.6 Å². The molecule has 0 bridgehead atoms. The molecule has 10 heavy (non-hydrogen) atoms. The lowest BCUT2D eigenvalue weighted by Gasteiger charge is -1.88. The van der Waals surface area contributed by atoms with Crippen LogP contribution in [0.5, 0.6) is 0 Å². The number of hydrogen-bond donors (Lipinski definition) is 0. The molecule has 0 aliphatic carbocycles. The average molecular weight is 193 g/mol. The summed E-state index contributed by atoms with van der Waals surface area (Å²) in [6.07, 6.45) is 1.81. The Bertz CT molecular complexity index is 223. The molecule has 0 spiro atoms. The normalized spacial score (nSPS) is 9.70. The van der Waals surface area contributed by atoms with Crippen LogP contribution in [0, 0.1) is 0 Å². The smallest absolute Gasteiger partial charge is 0.165 e. The van der Waals surface area contributed by atoms with Gasteiger partial charge in [-0.15, -0.1) is 6.58 Å². The van der Waals surface area contributed by atoms with E-state index in [-0.39, 0.29) is 0 Å². The fourth-order valence-corrected chi connectivity index (χ4v) is 1.91. The first-order chi connectivity index (χ1) is 4.84. The summed E-state index contributed by atoms with van der Waals surface area (Å²) in [6.45, 7) is 3.58. The van der Waals surface area contributed by atoms with Crippen molar-refractivity contribution in [2.75, 3.05) is 5.75 Å². The molecule has 0 fully saturated rings. The van der Waals surface area contributed by atoms with Crippen LogP contribution in [0.2, 0.25) is 5.15 Å². The summed E-state index contributed by atoms with van der Waals surface area (Å²) in [5, 5.41) is 1.29. The fourth-order valence-electron chi connectivity index (χ4n) is 0.394. The van der Waals surface area contributed by atoms with Gasteiger partial charge in [0.1, 0.15) is 5.03 Å². The maximum absolute atomic E-state index is 5.66. The number of thioether (sulfide) groups is 1. The van der Waals surface area contributed by atoms with Gasteiger partial charge in [-0.2, -0.15) is 8.75 Å². The van der Waals surface area contributed by atoms with E-state index in [0.29, 0.717) is 5.15 Å². The topological polar surface area (TPSA) is 25.8 Å². The van der Waals surface area contributed by atoms with Crippen LogP contribution in [0.15, 0.2) is 17.7 Å². The van der Waals surface area contributed by atoms with E-state index >= 15 is 0 Å². The van der Waals surface area contributed by atoms with Crippen molar-refractivity contribution in [1.29, 1.82) is 0 Å². The highest BCUT2D eigenvalue weighted by Gasteiger charge is 2.02. The van der Waals surface area contributed by atoms with E-state index in [1.807, 2.05) is 0 Å². The Morgan fingerprint density at radius 1 is 1.70 bits per heavy atom. The van der Waals surface area contributed by atoms with Crippen LogP contribution in [-0.4, -0.2) is 14.5 Å². The molecule has 1 aromatic rings. The second-order valence-electron chi connectivity index (χ2n) is 1.46. The lowest BCUT2D eigenvalue weighted by atomic mass is 10.8. The van der Waals surface area contributed by atoms with E-state index in [1.54, 1.807) is 17.8 Å². The highest BCUT2D eigenvalue weighted by Crippen LogP contribution is 2.23. The maximum Gasteiger partial charge on any atom is 0.176 e. The van der Waals surface area contributed by atoms with Gasteiger partial charge in [0.05, 0.1) is 11.7 Å². The third-order valence-corrected chi connectivity index (χ3v) is 2.84. The van der Waals surface area contributed by atoms with E-state index in [2.05, 4.69) is 15.3 Å². The number of hydrogen-bond acceptors (Lipinski definition) is 4. The fraction of sp³-hybridized carbons (Fsp3) is 0.200. The van der Waals surface area contributed by atoms with E-state index < -0.39 is 0 Å². The molecule has 0 saturated carbocycles. The van der Waals surface area contributed by atoms with Gasteiger partial charge in [0.15, 0.2) is 5.15 Å². The molecule has 0 radical (unpaired) electrons. The summed E-state index contributed by atoms with van der Waals surface area (Å²) in [5.74, 6) is 0.825. The Hall–Kier alpha value is -0.0600. The average Bonchev–Trinajstić information content (AvgIpc) is 2.31. The quantitative estimate of drug-likeness (QED) is 0.544. The van der Waals surface area contributed by atoms with Gasteiger partial charge in [-0.1, -0.05) is 29.4 Å². The Morgan fingerprint density at radius 3 is 3.00 bits per heavy atom. The van der Waals surface area contributed by atoms with Gasteiger partial charge in [-0.3, -0.25) is 0 Å². The minimum atomic E-state index is 0.497. The lowest BCUT2D eigenvalue weighted by molar-refractivity contribution is 1.27. The molecule has 1 rings (SSSR count). The molecule has 1 aromatic heterocycles. The van der Waals surface area contributed by atoms with Crippen LogP contribution < -0.4 is 0 Å². The van der Waals surface area contributed by atoms with Crippen molar-refractivity contribution in [2.45, 2.75) is 5.03 Å². The molecule has 0 N–H and O–H groups in total. The molecule has 5 heteroatoms. The van der Waals surface area contributed by atoms with E-state index in [0.717, 1.165) is 22.5 Å². The Kier molecular flexibility index (Phi) is 3.18. The first kappa shape index (κ1) is 8.04. The number of nitrogens with zero attached hydrogens (tertiary/aromatic N) is 2. The van der Waals surface area contributed by atoms with Crippen LogP contribution in [0.25, 0.3) is 0 Å². The van der Waals surface area contributed by atoms with E-state index in [9.17, 15) is 0 Å². The monoisotopic (exact) mass is 192 g/mol. The van der Waals surface area contributed by atoms with Crippen molar-refractivity contribution >= 4 is 35.1 Å². The SMILES string of the molecule is C=CCSc1nsnc1Cl. The zero-order valence-electron chi connectivity index (χ0n) is 5.08. The summed E-state index contributed by atoms with van der Waals surface area (Å²) in [6, 6.07) is 0. The molecule has 0 unspecified atom stereocenters. The molecule has 0 amide bonds. The summed E-state index contributed by atoms with van der Waals surface area (Å²) in [5.41, 5.74) is 0. The van der Waals surface area contributed by atoms with Crippen molar-refractivity contribution in [3.8, 4) is 0 Å². The largest absolute Gasteiger partial charge is 0.176 e.